The molecule has 23 heavy (non-hydrogen) atoms. The summed E-state index contributed by atoms with van der Waals surface area (Å²) in [4.78, 5) is 23.7. The predicted molar refractivity (Wildman–Crippen MR) is 85.7 cm³/mol. The van der Waals surface area contributed by atoms with Gasteiger partial charge in [0.25, 0.3) is 0 Å². The minimum atomic E-state index is -0.695. The summed E-state index contributed by atoms with van der Waals surface area (Å²) in [6, 6.07) is 0. The molecule has 1 heterocycles. The molecule has 2 fully saturated rings. The Bertz CT molecular complexity index is 568. The van der Waals surface area contributed by atoms with E-state index in [1.54, 1.807) is 13.0 Å². The van der Waals surface area contributed by atoms with Crippen molar-refractivity contribution in [1.82, 2.24) is 0 Å². The van der Waals surface area contributed by atoms with E-state index in [2.05, 4.69) is 30.2 Å². The zero-order valence-corrected chi connectivity index (χ0v) is 14.8. The van der Waals surface area contributed by atoms with Crippen LogP contribution in [0.3, 0.4) is 0 Å². The first-order valence-corrected chi connectivity index (χ1v) is 7.91. The Morgan fingerprint density at radius 3 is 2.09 bits per heavy atom. The minimum absolute atomic E-state index is 0.00741. The van der Waals surface area contributed by atoms with Gasteiger partial charge >= 0.3 is 11.9 Å². The minimum Gasteiger partial charge on any atom is -0.465 e. The van der Waals surface area contributed by atoms with Crippen LogP contribution in [0.15, 0.2) is 23.3 Å². The largest absolute Gasteiger partial charge is 0.465 e. The summed E-state index contributed by atoms with van der Waals surface area (Å²) in [6.07, 6.45) is 7.01. The molecule has 0 aromatic heterocycles. The monoisotopic (exact) mass is 322 g/mol. The number of ether oxygens (including phenoxy) is 3. The molecule has 0 unspecified atom stereocenters. The average Bonchev–Trinajstić information content (AvgIpc) is 3.12. The van der Waals surface area contributed by atoms with Gasteiger partial charge in [0, 0.05) is 5.41 Å². The highest BCUT2D eigenvalue weighted by atomic mass is 16.6. The molecule has 5 heteroatoms. The van der Waals surface area contributed by atoms with Crippen LogP contribution in [-0.4, -0.2) is 37.4 Å². The van der Waals surface area contributed by atoms with E-state index >= 15 is 0 Å². The number of epoxide rings is 1. The van der Waals surface area contributed by atoms with Gasteiger partial charge in [0.05, 0.1) is 19.8 Å². The van der Waals surface area contributed by atoms with Gasteiger partial charge in [-0.15, -0.1) is 0 Å². The first-order valence-electron chi connectivity index (χ1n) is 7.91. The average molecular weight is 322 g/mol. The lowest BCUT2D eigenvalue weighted by molar-refractivity contribution is -0.144. The van der Waals surface area contributed by atoms with E-state index in [0.29, 0.717) is 5.57 Å². The van der Waals surface area contributed by atoms with Crippen LogP contribution in [0.2, 0.25) is 0 Å². The molecule has 2 rings (SSSR count). The summed E-state index contributed by atoms with van der Waals surface area (Å²) in [5.74, 6) is -1.39. The third-order valence-electron chi connectivity index (χ3n) is 5.33. The van der Waals surface area contributed by atoms with Crippen molar-refractivity contribution < 1.29 is 23.8 Å². The zero-order chi connectivity index (χ0) is 17.5. The topological polar surface area (TPSA) is 65.1 Å². The van der Waals surface area contributed by atoms with Crippen molar-refractivity contribution in [2.24, 2.45) is 5.41 Å². The fourth-order valence-corrected chi connectivity index (χ4v) is 3.84. The van der Waals surface area contributed by atoms with E-state index in [9.17, 15) is 9.59 Å². The van der Waals surface area contributed by atoms with Gasteiger partial charge in [-0.05, 0) is 44.8 Å². The number of fused-ring (bicyclic) bond motifs is 1. The highest BCUT2D eigenvalue weighted by Crippen LogP contribution is 2.66. The molecule has 1 aliphatic carbocycles. The molecule has 0 radical (unpaired) electrons. The van der Waals surface area contributed by atoms with Crippen LogP contribution in [0.5, 0.6) is 0 Å². The van der Waals surface area contributed by atoms with E-state index in [-0.39, 0.29) is 22.2 Å². The fourth-order valence-electron chi connectivity index (χ4n) is 3.84. The van der Waals surface area contributed by atoms with Crippen molar-refractivity contribution in [2.75, 3.05) is 14.2 Å². The van der Waals surface area contributed by atoms with Crippen molar-refractivity contribution in [2.45, 2.75) is 58.2 Å². The maximum absolute atomic E-state index is 11.8. The Balaban J connectivity index is 2.36. The van der Waals surface area contributed by atoms with Gasteiger partial charge in [-0.25, -0.2) is 9.59 Å². The zero-order valence-electron chi connectivity index (χ0n) is 14.8. The molecule has 0 amide bonds. The van der Waals surface area contributed by atoms with E-state index in [1.807, 2.05) is 6.08 Å². The van der Waals surface area contributed by atoms with Crippen LogP contribution in [0, 0.1) is 5.41 Å². The summed E-state index contributed by atoms with van der Waals surface area (Å²) >= 11 is 0. The van der Waals surface area contributed by atoms with Gasteiger partial charge < -0.3 is 14.2 Å². The van der Waals surface area contributed by atoms with Gasteiger partial charge in [0.1, 0.15) is 11.2 Å². The van der Waals surface area contributed by atoms with Crippen molar-refractivity contribution >= 4 is 11.9 Å². The number of rotatable bonds is 4. The molecule has 0 bridgehead atoms. The molecular weight excluding hydrogens is 296 g/mol. The lowest BCUT2D eigenvalue weighted by Crippen LogP contribution is -2.41. The summed E-state index contributed by atoms with van der Waals surface area (Å²) in [6.45, 7) is 8.22. The first kappa shape index (κ1) is 17.7. The summed E-state index contributed by atoms with van der Waals surface area (Å²) < 4.78 is 15.5. The summed E-state index contributed by atoms with van der Waals surface area (Å²) in [5, 5.41) is 0. The van der Waals surface area contributed by atoms with Crippen LogP contribution in [0.4, 0.5) is 0 Å². The second-order valence-electron chi connectivity index (χ2n) is 7.18. The highest BCUT2D eigenvalue weighted by Gasteiger charge is 2.73. The fraction of sp³-hybridized carbons (Fsp3) is 0.667. The SMILES string of the molecule is COC(=O)C(C(=O)OC)=C(C)/C=C/[C@@]12O[C@]1(C)CCCC2(C)C. The quantitative estimate of drug-likeness (QED) is 0.199. The van der Waals surface area contributed by atoms with Crippen molar-refractivity contribution in [3.63, 3.8) is 0 Å². The standard InChI is InChI=1S/C18H26O5/c1-12(13(14(19)21-5)15(20)22-6)8-11-18-16(2,3)9-7-10-17(18,4)23-18/h8,11H,7,9-10H2,1-6H3/b11-8+/t17-,18+/m1/s1. The molecule has 0 N–H and O–H groups in total. The lowest BCUT2D eigenvalue weighted by atomic mass is 9.64. The van der Waals surface area contributed by atoms with Gasteiger partial charge in [0.2, 0.25) is 0 Å². The second-order valence-corrected chi connectivity index (χ2v) is 7.18. The lowest BCUT2D eigenvalue weighted by Gasteiger charge is -2.36. The highest BCUT2D eigenvalue weighted by molar-refractivity contribution is 6.15. The van der Waals surface area contributed by atoms with Crippen molar-refractivity contribution in [1.29, 1.82) is 0 Å². The number of carbonyl (C=O) groups is 2. The van der Waals surface area contributed by atoms with Crippen LogP contribution in [0.25, 0.3) is 0 Å². The number of allylic oxidation sites excluding steroid dienone is 2. The molecule has 128 valence electrons. The predicted octanol–water partition coefficient (Wildman–Crippen LogP) is 2.94. The number of hydrogen-bond acceptors (Lipinski definition) is 5. The van der Waals surface area contributed by atoms with Crippen LogP contribution < -0.4 is 0 Å². The molecule has 2 atom stereocenters. The molecule has 1 saturated heterocycles. The normalized spacial score (nSPS) is 31.2. The van der Waals surface area contributed by atoms with Crippen LogP contribution in [-0.2, 0) is 23.8 Å². The van der Waals surface area contributed by atoms with Gasteiger partial charge in [-0.2, -0.15) is 0 Å². The Kier molecular flexibility index (Phi) is 4.46. The number of esters is 2. The third-order valence-corrected chi connectivity index (χ3v) is 5.33. The summed E-state index contributed by atoms with van der Waals surface area (Å²) in [5.41, 5.74) is -0.0806. The smallest absolute Gasteiger partial charge is 0.345 e. The Morgan fingerprint density at radius 2 is 1.61 bits per heavy atom. The van der Waals surface area contributed by atoms with Crippen LogP contribution in [0.1, 0.15) is 47.0 Å². The molecule has 1 saturated carbocycles. The number of carbonyl (C=O) groups excluding carboxylic acids is 2. The van der Waals surface area contributed by atoms with Gasteiger partial charge in [0.15, 0.2) is 0 Å². The van der Waals surface area contributed by atoms with E-state index in [4.69, 9.17) is 4.74 Å². The van der Waals surface area contributed by atoms with Gasteiger partial charge in [-0.3, -0.25) is 0 Å². The molecule has 2 aliphatic rings. The van der Waals surface area contributed by atoms with Gasteiger partial charge in [-0.1, -0.05) is 19.9 Å². The maximum Gasteiger partial charge on any atom is 0.345 e. The second kappa shape index (κ2) is 5.78. The number of methoxy groups -OCH3 is 2. The molecular formula is C18H26O5. The van der Waals surface area contributed by atoms with Crippen molar-refractivity contribution in [3.8, 4) is 0 Å². The molecule has 0 aromatic rings. The van der Waals surface area contributed by atoms with E-state index in [1.165, 1.54) is 14.2 Å². The molecule has 0 aromatic carbocycles. The Hall–Kier alpha value is -1.62. The third kappa shape index (κ3) is 2.71. The summed E-state index contributed by atoms with van der Waals surface area (Å²) in [7, 11) is 2.48. The van der Waals surface area contributed by atoms with E-state index < -0.39 is 11.9 Å². The Labute approximate surface area is 137 Å². The van der Waals surface area contributed by atoms with E-state index in [0.717, 1.165) is 19.3 Å². The Morgan fingerprint density at radius 1 is 1.04 bits per heavy atom. The maximum atomic E-state index is 11.8. The number of hydrogen-bond donors (Lipinski definition) is 0. The first-order chi connectivity index (χ1) is 10.6. The van der Waals surface area contributed by atoms with Crippen LogP contribution >= 0.6 is 0 Å². The molecule has 5 nitrogen and oxygen atoms in total. The molecule has 1 aliphatic heterocycles. The van der Waals surface area contributed by atoms with Crippen molar-refractivity contribution in [3.05, 3.63) is 23.3 Å². The molecule has 0 spiro atoms.